The number of thioether (sulfide) groups is 1. The van der Waals surface area contributed by atoms with Gasteiger partial charge < -0.3 is 10.1 Å². The maximum Gasteiger partial charge on any atom is 0.307 e. The number of nitrogens with one attached hydrogen (secondary N) is 1. The van der Waals surface area contributed by atoms with Gasteiger partial charge in [-0.05, 0) is 53.9 Å². The molecule has 3 aromatic carbocycles. The zero-order chi connectivity index (χ0) is 21.3. The number of halogens is 1. The van der Waals surface area contributed by atoms with Gasteiger partial charge in [0.25, 0.3) is 0 Å². The number of hydrogen-bond acceptors (Lipinski definition) is 4. The molecule has 1 N–H and O–H groups in total. The maximum absolute atomic E-state index is 12.4. The lowest BCUT2D eigenvalue weighted by Gasteiger charge is -2.22. The van der Waals surface area contributed by atoms with Crippen LogP contribution in [-0.2, 0) is 9.53 Å². The lowest BCUT2D eigenvalue weighted by atomic mass is 9.97. The minimum atomic E-state index is -0.243. The summed E-state index contributed by atoms with van der Waals surface area (Å²) in [6.45, 7) is 3.71. The Labute approximate surface area is 191 Å². The zero-order valence-corrected chi connectivity index (χ0v) is 19.1. The van der Waals surface area contributed by atoms with Gasteiger partial charge in [0.2, 0.25) is 0 Å². The van der Waals surface area contributed by atoms with E-state index < -0.39 is 0 Å². The Morgan fingerprint density at radius 1 is 1.13 bits per heavy atom. The molecule has 6 heteroatoms. The van der Waals surface area contributed by atoms with Gasteiger partial charge in [-0.3, -0.25) is 4.79 Å². The molecule has 1 aliphatic rings. The first kappa shape index (κ1) is 21.2. The van der Waals surface area contributed by atoms with Crippen LogP contribution in [0.25, 0.3) is 10.8 Å². The van der Waals surface area contributed by atoms with E-state index in [1.54, 1.807) is 11.8 Å². The van der Waals surface area contributed by atoms with Crippen molar-refractivity contribution in [1.82, 2.24) is 0 Å². The molecule has 0 radical (unpaired) electrons. The summed E-state index contributed by atoms with van der Waals surface area (Å²) in [7, 11) is 0. The molecule has 1 aliphatic heterocycles. The number of carbonyl (C=O) groups excluding carboxylic acids is 1. The number of rotatable bonds is 4. The maximum atomic E-state index is 12.4. The number of hydrogen-bond donors (Lipinski definition) is 1. The molecule has 0 aliphatic carbocycles. The van der Waals surface area contributed by atoms with Crippen LogP contribution in [0.4, 0.5) is 5.69 Å². The third kappa shape index (κ3) is 4.48. The minimum Gasteiger partial charge on any atom is -0.463 e. The Hall–Kier alpha value is -2.08. The van der Waals surface area contributed by atoms with Gasteiger partial charge in [-0.15, -0.1) is 11.8 Å². The standard InChI is InChI=1S/C24H22ClNO2S2/c1-14(2)28-22(27)13-21-24(29)26-20-11-10-16(25)12-19(20)23(30-21)18-9-5-7-15-6-3-4-8-17(15)18/h3-12,14,21,23H,13H2,1-2H3,(H,26,29)/t21-,23-/m0/s1. The van der Waals surface area contributed by atoms with Gasteiger partial charge in [0.15, 0.2) is 0 Å². The molecule has 3 aromatic rings. The fourth-order valence-corrected chi connectivity index (χ4v) is 5.68. The smallest absolute Gasteiger partial charge is 0.307 e. The fraction of sp³-hybridized carbons (Fsp3) is 0.250. The highest BCUT2D eigenvalue weighted by Gasteiger charge is 2.32. The van der Waals surface area contributed by atoms with Crippen LogP contribution < -0.4 is 5.32 Å². The summed E-state index contributed by atoms with van der Waals surface area (Å²) < 4.78 is 5.39. The van der Waals surface area contributed by atoms with Crippen LogP contribution in [0.2, 0.25) is 5.02 Å². The first-order valence-electron chi connectivity index (χ1n) is 9.85. The third-order valence-electron chi connectivity index (χ3n) is 4.97. The molecule has 30 heavy (non-hydrogen) atoms. The molecule has 0 amide bonds. The van der Waals surface area contributed by atoms with Crippen molar-refractivity contribution in [3.8, 4) is 0 Å². The van der Waals surface area contributed by atoms with Crippen molar-refractivity contribution in [2.45, 2.75) is 36.9 Å². The van der Waals surface area contributed by atoms with Crippen molar-refractivity contribution in [3.05, 3.63) is 76.8 Å². The summed E-state index contributed by atoms with van der Waals surface area (Å²) in [5, 5.41) is 6.14. The molecule has 0 fully saturated rings. The summed E-state index contributed by atoms with van der Waals surface area (Å²) in [4.78, 5) is 13.0. The number of fused-ring (bicyclic) bond motifs is 2. The van der Waals surface area contributed by atoms with Gasteiger partial charge in [0.05, 0.1) is 28.0 Å². The zero-order valence-electron chi connectivity index (χ0n) is 16.7. The molecule has 0 aromatic heterocycles. The van der Waals surface area contributed by atoms with Gasteiger partial charge in [-0.2, -0.15) is 0 Å². The summed E-state index contributed by atoms with van der Waals surface area (Å²) in [6, 6.07) is 20.5. The van der Waals surface area contributed by atoms with Crippen molar-refractivity contribution in [3.63, 3.8) is 0 Å². The van der Waals surface area contributed by atoms with E-state index in [1.165, 1.54) is 16.3 Å². The molecule has 2 atom stereocenters. The van der Waals surface area contributed by atoms with Crippen LogP contribution >= 0.6 is 35.6 Å². The van der Waals surface area contributed by atoms with Gasteiger partial charge >= 0.3 is 5.97 Å². The Morgan fingerprint density at radius 3 is 2.70 bits per heavy atom. The van der Waals surface area contributed by atoms with E-state index in [1.807, 2.05) is 44.2 Å². The number of thiocarbonyl (C=S) groups is 1. The van der Waals surface area contributed by atoms with E-state index in [0.29, 0.717) is 10.0 Å². The summed E-state index contributed by atoms with van der Waals surface area (Å²) in [5.41, 5.74) is 3.16. The second-order valence-corrected chi connectivity index (χ2v) is 9.73. The van der Waals surface area contributed by atoms with Crippen molar-refractivity contribution in [1.29, 1.82) is 0 Å². The molecule has 154 valence electrons. The predicted octanol–water partition coefficient (Wildman–Crippen LogP) is 6.78. The van der Waals surface area contributed by atoms with E-state index in [2.05, 4.69) is 35.6 Å². The number of benzene rings is 3. The number of anilines is 1. The van der Waals surface area contributed by atoms with E-state index in [9.17, 15) is 4.79 Å². The average molecular weight is 456 g/mol. The predicted molar refractivity (Wildman–Crippen MR) is 131 cm³/mol. The molecule has 1 heterocycles. The van der Waals surface area contributed by atoms with Gasteiger partial charge in [0, 0.05) is 10.7 Å². The fourth-order valence-electron chi connectivity index (χ4n) is 3.70. The van der Waals surface area contributed by atoms with Crippen LogP contribution in [0.5, 0.6) is 0 Å². The highest BCUT2D eigenvalue weighted by molar-refractivity contribution is 8.02. The minimum absolute atomic E-state index is 0.0328. The largest absolute Gasteiger partial charge is 0.463 e. The quantitative estimate of drug-likeness (QED) is 0.346. The molecular formula is C24H22ClNO2S2. The molecule has 3 nitrogen and oxygen atoms in total. The second-order valence-electron chi connectivity index (χ2n) is 7.54. The third-order valence-corrected chi connectivity index (χ3v) is 7.25. The lowest BCUT2D eigenvalue weighted by Crippen LogP contribution is -2.26. The van der Waals surface area contributed by atoms with Crippen LogP contribution in [-0.4, -0.2) is 22.3 Å². The summed E-state index contributed by atoms with van der Waals surface area (Å²) >= 11 is 13.7. The highest BCUT2D eigenvalue weighted by atomic mass is 35.5. The molecule has 0 unspecified atom stereocenters. The van der Waals surface area contributed by atoms with E-state index >= 15 is 0 Å². The van der Waals surface area contributed by atoms with Gasteiger partial charge in [0.1, 0.15) is 0 Å². The van der Waals surface area contributed by atoms with Crippen LogP contribution in [0.1, 0.15) is 36.6 Å². The first-order valence-corrected chi connectivity index (χ1v) is 11.6. The Balaban J connectivity index is 1.80. The highest BCUT2D eigenvalue weighted by Crippen LogP contribution is 2.47. The lowest BCUT2D eigenvalue weighted by molar-refractivity contribution is -0.147. The Kier molecular flexibility index (Phi) is 6.32. The van der Waals surface area contributed by atoms with Gasteiger partial charge in [-0.25, -0.2) is 0 Å². The van der Waals surface area contributed by atoms with Crippen molar-refractivity contribution in [2.75, 3.05) is 5.32 Å². The monoisotopic (exact) mass is 455 g/mol. The number of ether oxygens (including phenoxy) is 1. The van der Waals surface area contributed by atoms with Crippen molar-refractivity contribution in [2.24, 2.45) is 0 Å². The molecule has 0 bridgehead atoms. The Bertz CT molecular complexity index is 1110. The van der Waals surface area contributed by atoms with Crippen molar-refractivity contribution < 1.29 is 9.53 Å². The molecule has 0 spiro atoms. The summed E-state index contributed by atoms with van der Waals surface area (Å²) in [5.74, 6) is -0.243. The number of carbonyl (C=O) groups is 1. The second kappa shape index (κ2) is 8.96. The van der Waals surface area contributed by atoms with Crippen LogP contribution in [0, 0.1) is 0 Å². The normalized spacial score (nSPS) is 18.6. The summed E-state index contributed by atoms with van der Waals surface area (Å²) in [6.07, 6.45) is 0.0668. The average Bonchev–Trinajstić information content (AvgIpc) is 2.83. The molecule has 0 saturated carbocycles. The number of esters is 1. The van der Waals surface area contributed by atoms with E-state index in [0.717, 1.165) is 11.3 Å². The topological polar surface area (TPSA) is 38.3 Å². The van der Waals surface area contributed by atoms with E-state index in [-0.39, 0.29) is 29.0 Å². The molecule has 4 rings (SSSR count). The van der Waals surface area contributed by atoms with Crippen molar-refractivity contribution >= 4 is 63.0 Å². The Morgan fingerprint density at radius 2 is 1.90 bits per heavy atom. The first-order chi connectivity index (χ1) is 14.4. The van der Waals surface area contributed by atoms with E-state index in [4.69, 9.17) is 28.6 Å². The molecule has 0 saturated heterocycles. The SMILES string of the molecule is CC(C)OC(=O)C[C@@H]1S[C@@H](c2cccc3ccccc23)c2cc(Cl)ccc2NC1=S. The van der Waals surface area contributed by atoms with Crippen LogP contribution in [0.3, 0.4) is 0 Å². The van der Waals surface area contributed by atoms with Crippen LogP contribution in [0.15, 0.2) is 60.7 Å². The molecular weight excluding hydrogens is 434 g/mol. The van der Waals surface area contributed by atoms with Gasteiger partial charge in [-0.1, -0.05) is 66.3 Å².